The topological polar surface area (TPSA) is 79.2 Å². The highest BCUT2D eigenvalue weighted by molar-refractivity contribution is 5.97. The van der Waals surface area contributed by atoms with E-state index in [0.717, 1.165) is 6.07 Å². The summed E-state index contributed by atoms with van der Waals surface area (Å²) in [5.41, 5.74) is -0.149. The lowest BCUT2D eigenvalue weighted by Gasteiger charge is -2.21. The first-order valence-corrected chi connectivity index (χ1v) is 6.52. The third-order valence-corrected chi connectivity index (χ3v) is 2.80. The maximum absolute atomic E-state index is 13.5. The molecule has 112 valence electrons. The van der Waals surface area contributed by atoms with E-state index in [4.69, 9.17) is 10.00 Å². The van der Waals surface area contributed by atoms with Crippen molar-refractivity contribution in [1.29, 1.82) is 5.26 Å². The number of ether oxygens (including phenoxy) is 1. The van der Waals surface area contributed by atoms with Crippen molar-refractivity contribution in [2.24, 2.45) is 5.92 Å². The summed E-state index contributed by atoms with van der Waals surface area (Å²) >= 11 is 0. The standard InChI is InChI=1S/C15H17FN2O3/c1-9(2)13(15(20)21-10(3)8-17)18-14(19)11-6-4-5-7-12(11)16/h4-7,9-10,13H,1-3H3,(H,18,19)/t10-,13-/m0/s1. The molecule has 0 saturated carbocycles. The van der Waals surface area contributed by atoms with Crippen LogP contribution in [0.2, 0.25) is 0 Å². The molecule has 0 aliphatic rings. The van der Waals surface area contributed by atoms with Crippen LogP contribution in [0.5, 0.6) is 0 Å². The van der Waals surface area contributed by atoms with E-state index in [1.165, 1.54) is 25.1 Å². The third kappa shape index (κ3) is 4.56. The Hall–Kier alpha value is -2.42. The lowest BCUT2D eigenvalue weighted by molar-refractivity contribution is -0.149. The Morgan fingerprint density at radius 1 is 1.29 bits per heavy atom. The van der Waals surface area contributed by atoms with Crippen molar-refractivity contribution in [1.82, 2.24) is 5.32 Å². The van der Waals surface area contributed by atoms with Crippen molar-refractivity contribution < 1.29 is 18.7 Å². The molecule has 0 aliphatic heterocycles. The number of hydrogen-bond donors (Lipinski definition) is 1. The molecule has 1 aromatic carbocycles. The molecule has 1 rings (SSSR count). The first kappa shape index (κ1) is 16.6. The molecule has 1 amide bonds. The van der Waals surface area contributed by atoms with Gasteiger partial charge in [0.2, 0.25) is 0 Å². The minimum atomic E-state index is -0.951. The van der Waals surface area contributed by atoms with E-state index < -0.39 is 29.8 Å². The van der Waals surface area contributed by atoms with Crippen LogP contribution in [-0.2, 0) is 9.53 Å². The monoisotopic (exact) mass is 292 g/mol. The van der Waals surface area contributed by atoms with E-state index in [1.807, 2.05) is 0 Å². The molecule has 0 unspecified atom stereocenters. The van der Waals surface area contributed by atoms with Crippen LogP contribution in [0.1, 0.15) is 31.1 Å². The van der Waals surface area contributed by atoms with Crippen LogP contribution in [0.3, 0.4) is 0 Å². The van der Waals surface area contributed by atoms with Crippen molar-refractivity contribution in [2.45, 2.75) is 32.9 Å². The molecule has 2 atom stereocenters. The molecule has 0 saturated heterocycles. The summed E-state index contributed by atoms with van der Waals surface area (Å²) in [7, 11) is 0. The van der Waals surface area contributed by atoms with Gasteiger partial charge in [-0.05, 0) is 25.0 Å². The quantitative estimate of drug-likeness (QED) is 0.842. The van der Waals surface area contributed by atoms with Crippen molar-refractivity contribution >= 4 is 11.9 Å². The number of carbonyl (C=O) groups is 2. The highest BCUT2D eigenvalue weighted by atomic mass is 19.1. The van der Waals surface area contributed by atoms with E-state index in [0.29, 0.717) is 0 Å². The van der Waals surface area contributed by atoms with E-state index in [1.54, 1.807) is 19.9 Å². The van der Waals surface area contributed by atoms with Gasteiger partial charge in [-0.15, -0.1) is 0 Å². The van der Waals surface area contributed by atoms with Gasteiger partial charge in [0, 0.05) is 0 Å². The number of rotatable bonds is 5. The second kappa shape index (κ2) is 7.39. The maximum atomic E-state index is 13.5. The van der Waals surface area contributed by atoms with Gasteiger partial charge in [-0.2, -0.15) is 5.26 Å². The molecule has 0 bridgehead atoms. The van der Waals surface area contributed by atoms with Crippen LogP contribution in [0.4, 0.5) is 4.39 Å². The zero-order valence-corrected chi connectivity index (χ0v) is 12.1. The lowest BCUT2D eigenvalue weighted by Crippen LogP contribution is -2.46. The van der Waals surface area contributed by atoms with Gasteiger partial charge in [-0.1, -0.05) is 26.0 Å². The number of esters is 1. The Labute approximate surface area is 122 Å². The normalized spacial score (nSPS) is 13.1. The molecule has 0 heterocycles. The van der Waals surface area contributed by atoms with Crippen LogP contribution in [-0.4, -0.2) is 24.0 Å². The largest absolute Gasteiger partial charge is 0.446 e. The Kier molecular flexibility index (Phi) is 5.85. The molecule has 1 N–H and O–H groups in total. The average molecular weight is 292 g/mol. The van der Waals surface area contributed by atoms with Crippen molar-refractivity contribution in [3.8, 4) is 6.07 Å². The summed E-state index contributed by atoms with van der Waals surface area (Å²) in [6, 6.07) is 6.30. The molecular weight excluding hydrogens is 275 g/mol. The number of amides is 1. The Balaban J connectivity index is 2.85. The summed E-state index contributed by atoms with van der Waals surface area (Å²) in [5.74, 6) is -2.35. The summed E-state index contributed by atoms with van der Waals surface area (Å²) in [6.45, 7) is 4.85. The summed E-state index contributed by atoms with van der Waals surface area (Å²) in [5, 5.41) is 11.1. The smallest absolute Gasteiger partial charge is 0.330 e. The Morgan fingerprint density at radius 3 is 2.43 bits per heavy atom. The van der Waals surface area contributed by atoms with E-state index in [9.17, 15) is 14.0 Å². The van der Waals surface area contributed by atoms with Gasteiger partial charge in [-0.25, -0.2) is 9.18 Å². The first-order valence-electron chi connectivity index (χ1n) is 6.52. The van der Waals surface area contributed by atoms with Gasteiger partial charge < -0.3 is 10.1 Å². The van der Waals surface area contributed by atoms with E-state index in [-0.39, 0.29) is 11.5 Å². The van der Waals surface area contributed by atoms with Crippen LogP contribution in [0.15, 0.2) is 24.3 Å². The summed E-state index contributed by atoms with van der Waals surface area (Å²) < 4.78 is 18.4. The predicted molar refractivity (Wildman–Crippen MR) is 73.7 cm³/mol. The van der Waals surface area contributed by atoms with Crippen LogP contribution in [0, 0.1) is 23.1 Å². The molecule has 1 aromatic rings. The number of nitrogens with zero attached hydrogens (tertiary/aromatic N) is 1. The van der Waals surface area contributed by atoms with Crippen LogP contribution >= 0.6 is 0 Å². The molecule has 5 nitrogen and oxygen atoms in total. The molecule has 0 radical (unpaired) electrons. The lowest BCUT2D eigenvalue weighted by atomic mass is 10.0. The predicted octanol–water partition coefficient (Wildman–Crippen LogP) is 2.04. The molecular formula is C15H17FN2O3. The highest BCUT2D eigenvalue weighted by Gasteiger charge is 2.28. The number of nitrogens with one attached hydrogen (secondary N) is 1. The Morgan fingerprint density at radius 2 is 1.90 bits per heavy atom. The van der Waals surface area contributed by atoms with Crippen molar-refractivity contribution in [2.75, 3.05) is 0 Å². The SMILES string of the molecule is CC(C)[C@H](NC(=O)c1ccccc1F)C(=O)O[C@@H](C)C#N. The fourth-order valence-corrected chi connectivity index (χ4v) is 1.64. The van der Waals surface area contributed by atoms with Gasteiger partial charge in [0.05, 0.1) is 5.56 Å². The molecule has 0 aromatic heterocycles. The molecule has 6 heteroatoms. The molecule has 0 spiro atoms. The van der Waals surface area contributed by atoms with Crippen LogP contribution in [0.25, 0.3) is 0 Å². The maximum Gasteiger partial charge on any atom is 0.330 e. The minimum Gasteiger partial charge on any atom is -0.446 e. The van der Waals surface area contributed by atoms with Gasteiger partial charge in [0.15, 0.2) is 6.10 Å². The first-order chi connectivity index (χ1) is 9.86. The van der Waals surface area contributed by atoms with E-state index >= 15 is 0 Å². The van der Waals surface area contributed by atoms with Crippen molar-refractivity contribution in [3.63, 3.8) is 0 Å². The van der Waals surface area contributed by atoms with Gasteiger partial charge in [-0.3, -0.25) is 4.79 Å². The Bertz CT molecular complexity index is 566. The second-order valence-electron chi connectivity index (χ2n) is 4.88. The van der Waals surface area contributed by atoms with Crippen molar-refractivity contribution in [3.05, 3.63) is 35.6 Å². The summed E-state index contributed by atoms with van der Waals surface area (Å²) in [6.07, 6.45) is -0.913. The molecule has 0 fully saturated rings. The summed E-state index contributed by atoms with van der Waals surface area (Å²) in [4.78, 5) is 23.9. The molecule has 0 aliphatic carbocycles. The van der Waals surface area contributed by atoms with Crippen LogP contribution < -0.4 is 5.32 Å². The zero-order chi connectivity index (χ0) is 16.0. The average Bonchev–Trinajstić information content (AvgIpc) is 2.44. The molecule has 21 heavy (non-hydrogen) atoms. The third-order valence-electron chi connectivity index (χ3n) is 2.80. The highest BCUT2D eigenvalue weighted by Crippen LogP contribution is 2.10. The fraction of sp³-hybridized carbons (Fsp3) is 0.400. The number of benzene rings is 1. The number of carbonyl (C=O) groups excluding carboxylic acids is 2. The second-order valence-corrected chi connectivity index (χ2v) is 4.88. The number of hydrogen-bond acceptors (Lipinski definition) is 4. The number of halogens is 1. The number of nitriles is 1. The minimum absolute atomic E-state index is 0.149. The van der Waals surface area contributed by atoms with Gasteiger partial charge >= 0.3 is 5.97 Å². The fourth-order valence-electron chi connectivity index (χ4n) is 1.64. The van der Waals surface area contributed by atoms with Gasteiger partial charge in [0.25, 0.3) is 5.91 Å². The van der Waals surface area contributed by atoms with Gasteiger partial charge in [0.1, 0.15) is 17.9 Å². The zero-order valence-electron chi connectivity index (χ0n) is 12.1. The van der Waals surface area contributed by atoms with E-state index in [2.05, 4.69) is 5.32 Å².